The van der Waals surface area contributed by atoms with Gasteiger partial charge in [-0.25, -0.2) is 0 Å². The number of thiophene rings is 1. The molecule has 3 heteroatoms. The monoisotopic (exact) mass is 267 g/mol. The van der Waals surface area contributed by atoms with E-state index in [1.165, 1.54) is 44.1 Å². The Bertz CT molecular complexity index is 306. The third-order valence-electron chi connectivity index (χ3n) is 3.64. The topological polar surface area (TPSA) is 21.3 Å². The highest BCUT2D eigenvalue weighted by Gasteiger charge is 2.17. The molecule has 0 amide bonds. The molecule has 1 saturated heterocycles. The van der Waals surface area contributed by atoms with Crippen LogP contribution in [0, 0.1) is 0 Å². The lowest BCUT2D eigenvalue weighted by Gasteiger charge is -2.25. The third kappa shape index (κ3) is 4.38. The van der Waals surface area contributed by atoms with Gasteiger partial charge in [0.05, 0.1) is 6.10 Å². The summed E-state index contributed by atoms with van der Waals surface area (Å²) in [7, 11) is 0. The third-order valence-corrected chi connectivity index (χ3v) is 4.34. The molecule has 1 N–H and O–H groups in total. The lowest BCUT2D eigenvalue weighted by molar-refractivity contribution is 0.00855. The van der Waals surface area contributed by atoms with Gasteiger partial charge in [-0.05, 0) is 67.5 Å². The maximum absolute atomic E-state index is 5.82. The van der Waals surface area contributed by atoms with Gasteiger partial charge < -0.3 is 10.1 Å². The van der Waals surface area contributed by atoms with E-state index in [0.717, 1.165) is 13.2 Å². The zero-order chi connectivity index (χ0) is 12.6. The van der Waals surface area contributed by atoms with Crippen molar-refractivity contribution in [3.8, 4) is 0 Å². The summed E-state index contributed by atoms with van der Waals surface area (Å²) in [5.74, 6) is 0. The molecule has 2 heterocycles. The minimum absolute atomic E-state index is 0.503. The zero-order valence-corrected chi connectivity index (χ0v) is 12.2. The molecule has 2 atom stereocenters. The lowest BCUT2D eigenvalue weighted by Crippen LogP contribution is -2.25. The van der Waals surface area contributed by atoms with Gasteiger partial charge in [0.1, 0.15) is 0 Å². The van der Waals surface area contributed by atoms with E-state index in [1.54, 1.807) is 11.3 Å². The Balaban J connectivity index is 1.80. The van der Waals surface area contributed by atoms with E-state index in [0.29, 0.717) is 12.1 Å². The summed E-state index contributed by atoms with van der Waals surface area (Å²) in [6.45, 7) is 4.30. The van der Waals surface area contributed by atoms with E-state index in [-0.39, 0.29) is 0 Å². The van der Waals surface area contributed by atoms with Gasteiger partial charge in [-0.15, -0.1) is 0 Å². The van der Waals surface area contributed by atoms with Crippen LogP contribution in [0.15, 0.2) is 16.8 Å². The molecule has 2 rings (SSSR count). The van der Waals surface area contributed by atoms with Gasteiger partial charge >= 0.3 is 0 Å². The molecule has 1 aliphatic rings. The van der Waals surface area contributed by atoms with Crippen LogP contribution in [0.3, 0.4) is 0 Å². The first-order valence-electron chi connectivity index (χ1n) is 7.27. The highest BCUT2D eigenvalue weighted by Crippen LogP contribution is 2.25. The first-order valence-corrected chi connectivity index (χ1v) is 8.21. The average molecular weight is 267 g/mol. The smallest absolute Gasteiger partial charge is 0.0575 e. The Kier molecular flexibility index (Phi) is 6.18. The van der Waals surface area contributed by atoms with Gasteiger partial charge in [0, 0.05) is 12.6 Å². The molecule has 1 aliphatic heterocycles. The second kappa shape index (κ2) is 7.93. The summed E-state index contributed by atoms with van der Waals surface area (Å²) in [5, 5.41) is 8.11. The zero-order valence-electron chi connectivity index (χ0n) is 11.4. The van der Waals surface area contributed by atoms with Crippen molar-refractivity contribution in [3.05, 3.63) is 22.4 Å². The van der Waals surface area contributed by atoms with Crippen molar-refractivity contribution in [3.63, 3.8) is 0 Å². The van der Waals surface area contributed by atoms with E-state index in [4.69, 9.17) is 4.74 Å². The molecule has 102 valence electrons. The Morgan fingerprint density at radius 2 is 2.44 bits per heavy atom. The van der Waals surface area contributed by atoms with Crippen molar-refractivity contribution in [1.82, 2.24) is 5.32 Å². The number of rotatable bonds is 7. The van der Waals surface area contributed by atoms with Gasteiger partial charge in [-0.1, -0.05) is 6.92 Å². The fourth-order valence-electron chi connectivity index (χ4n) is 2.57. The Hall–Kier alpha value is -0.380. The summed E-state index contributed by atoms with van der Waals surface area (Å²) < 4.78 is 5.82. The van der Waals surface area contributed by atoms with Gasteiger partial charge in [0.15, 0.2) is 0 Å². The fraction of sp³-hybridized carbons (Fsp3) is 0.733. The minimum Gasteiger partial charge on any atom is -0.378 e. The van der Waals surface area contributed by atoms with Crippen molar-refractivity contribution in [2.75, 3.05) is 13.2 Å². The molecule has 0 bridgehead atoms. The predicted octanol–water partition coefficient (Wildman–Crippen LogP) is 4.14. The van der Waals surface area contributed by atoms with Gasteiger partial charge in [0.25, 0.3) is 0 Å². The van der Waals surface area contributed by atoms with Gasteiger partial charge in [-0.2, -0.15) is 11.3 Å². The van der Waals surface area contributed by atoms with E-state index < -0.39 is 0 Å². The highest BCUT2D eigenvalue weighted by molar-refractivity contribution is 7.07. The minimum atomic E-state index is 0.503. The maximum atomic E-state index is 5.82. The van der Waals surface area contributed by atoms with Gasteiger partial charge in [-0.3, -0.25) is 0 Å². The number of ether oxygens (including phenoxy) is 1. The molecule has 0 spiro atoms. The summed E-state index contributed by atoms with van der Waals surface area (Å²) in [6.07, 6.45) is 7.93. The summed E-state index contributed by atoms with van der Waals surface area (Å²) in [6, 6.07) is 2.77. The molecular weight excluding hydrogens is 242 g/mol. The van der Waals surface area contributed by atoms with Crippen molar-refractivity contribution >= 4 is 11.3 Å². The molecule has 0 aliphatic carbocycles. The Morgan fingerprint density at radius 3 is 3.11 bits per heavy atom. The summed E-state index contributed by atoms with van der Waals surface area (Å²) in [5.41, 5.74) is 1.45. The van der Waals surface area contributed by atoms with Crippen LogP contribution in [0.4, 0.5) is 0 Å². The summed E-state index contributed by atoms with van der Waals surface area (Å²) >= 11 is 1.79. The first-order chi connectivity index (χ1) is 8.90. The summed E-state index contributed by atoms with van der Waals surface area (Å²) in [4.78, 5) is 0. The van der Waals surface area contributed by atoms with Crippen molar-refractivity contribution in [1.29, 1.82) is 0 Å². The fourth-order valence-corrected chi connectivity index (χ4v) is 3.28. The maximum Gasteiger partial charge on any atom is 0.0575 e. The van der Waals surface area contributed by atoms with Gasteiger partial charge in [0.2, 0.25) is 0 Å². The second-order valence-electron chi connectivity index (χ2n) is 5.13. The number of hydrogen-bond donors (Lipinski definition) is 1. The molecule has 1 aromatic rings. The van der Waals surface area contributed by atoms with E-state index in [9.17, 15) is 0 Å². The van der Waals surface area contributed by atoms with E-state index in [2.05, 4.69) is 29.1 Å². The second-order valence-corrected chi connectivity index (χ2v) is 5.91. The molecule has 0 saturated carbocycles. The van der Waals surface area contributed by atoms with Crippen LogP contribution >= 0.6 is 11.3 Å². The first kappa shape index (κ1) is 14.0. The highest BCUT2D eigenvalue weighted by atomic mass is 32.1. The Labute approximate surface area is 115 Å². The van der Waals surface area contributed by atoms with E-state index >= 15 is 0 Å². The quantitative estimate of drug-likeness (QED) is 0.801. The number of nitrogens with one attached hydrogen (secondary N) is 1. The van der Waals surface area contributed by atoms with Crippen LogP contribution in [0.25, 0.3) is 0 Å². The van der Waals surface area contributed by atoms with Crippen LogP contribution in [0.5, 0.6) is 0 Å². The van der Waals surface area contributed by atoms with Crippen molar-refractivity contribution < 1.29 is 4.74 Å². The molecule has 0 radical (unpaired) electrons. The molecule has 2 nitrogen and oxygen atoms in total. The normalized spacial score (nSPS) is 21.9. The average Bonchev–Trinajstić information content (AvgIpc) is 2.94. The SMILES string of the molecule is CCCNC(CCC1CCCCO1)c1ccsc1. The van der Waals surface area contributed by atoms with Crippen LogP contribution in [-0.4, -0.2) is 19.3 Å². The standard InChI is InChI=1S/C15H25NOS/c1-2-9-16-15(13-8-11-18-12-13)7-6-14-5-3-4-10-17-14/h8,11-12,14-16H,2-7,9-10H2,1H3. The predicted molar refractivity (Wildman–Crippen MR) is 78.2 cm³/mol. The lowest BCUT2D eigenvalue weighted by atomic mass is 9.99. The molecule has 18 heavy (non-hydrogen) atoms. The largest absolute Gasteiger partial charge is 0.378 e. The molecule has 2 unspecified atom stereocenters. The molecule has 1 aromatic heterocycles. The molecular formula is C15H25NOS. The molecule has 0 aromatic carbocycles. The van der Waals surface area contributed by atoms with Crippen molar-refractivity contribution in [2.24, 2.45) is 0 Å². The van der Waals surface area contributed by atoms with Crippen LogP contribution < -0.4 is 5.32 Å². The van der Waals surface area contributed by atoms with Crippen LogP contribution in [0.1, 0.15) is 57.1 Å². The van der Waals surface area contributed by atoms with Crippen LogP contribution in [0.2, 0.25) is 0 Å². The van der Waals surface area contributed by atoms with Crippen molar-refractivity contribution in [2.45, 2.75) is 57.6 Å². The molecule has 1 fully saturated rings. The van der Waals surface area contributed by atoms with E-state index in [1.807, 2.05) is 0 Å². The Morgan fingerprint density at radius 1 is 1.50 bits per heavy atom. The number of hydrogen-bond acceptors (Lipinski definition) is 3. The van der Waals surface area contributed by atoms with Crippen LogP contribution in [-0.2, 0) is 4.74 Å².